The third kappa shape index (κ3) is 6.48. The van der Waals surface area contributed by atoms with E-state index in [2.05, 4.69) is 12.2 Å². The summed E-state index contributed by atoms with van der Waals surface area (Å²) in [7, 11) is 0. The summed E-state index contributed by atoms with van der Waals surface area (Å²) in [6.07, 6.45) is 8.81. The smallest absolute Gasteiger partial charge is 0.276 e. The van der Waals surface area contributed by atoms with Gasteiger partial charge in [0.1, 0.15) is 0 Å². The number of hydrogen-bond donors (Lipinski definition) is 1. The number of para-hydroxylation sites is 1. The number of benzene rings is 1. The molecule has 152 valence electrons. The Morgan fingerprint density at radius 2 is 2.07 bits per heavy atom. The lowest BCUT2D eigenvalue weighted by Crippen LogP contribution is -2.45. The minimum Gasteiger partial charge on any atom is -0.356 e. The molecule has 0 aliphatic carbocycles. The number of likely N-dealkylation sites (tertiary alicyclic amines) is 1. The number of nitro groups is 1. The van der Waals surface area contributed by atoms with Crippen LogP contribution in [0.25, 0.3) is 6.08 Å². The standard InChI is InChI=1S/C21H29N3O4/c1-2-3-4-7-14-22-21(26)18-10-8-15-23(16-18)20(25)13-12-17-9-5-6-11-19(17)24(27)28/h5-6,9,11-13,18H,2-4,7-8,10,14-16H2,1H3,(H,22,26)/b13-12+. The molecule has 1 fully saturated rings. The average Bonchev–Trinajstić information content (AvgIpc) is 2.72. The lowest BCUT2D eigenvalue weighted by atomic mass is 9.97. The number of nitrogens with zero attached hydrogens (tertiary/aromatic N) is 2. The molecule has 28 heavy (non-hydrogen) atoms. The summed E-state index contributed by atoms with van der Waals surface area (Å²) in [5, 5.41) is 14.0. The fraction of sp³-hybridized carbons (Fsp3) is 0.524. The number of hydrogen-bond acceptors (Lipinski definition) is 4. The molecule has 1 aromatic carbocycles. The molecule has 1 atom stereocenters. The monoisotopic (exact) mass is 387 g/mol. The van der Waals surface area contributed by atoms with Crippen LogP contribution in [0.15, 0.2) is 30.3 Å². The molecule has 2 rings (SSSR count). The van der Waals surface area contributed by atoms with Gasteiger partial charge in [0.25, 0.3) is 5.69 Å². The van der Waals surface area contributed by atoms with Gasteiger partial charge in [0, 0.05) is 31.8 Å². The Labute approximate surface area is 165 Å². The predicted octanol–water partition coefficient (Wildman–Crippen LogP) is 3.54. The van der Waals surface area contributed by atoms with Crippen LogP contribution in [0, 0.1) is 16.0 Å². The Kier molecular flexibility index (Phi) is 8.65. The van der Waals surface area contributed by atoms with Crippen LogP contribution in [0.5, 0.6) is 0 Å². The molecular weight excluding hydrogens is 358 g/mol. The summed E-state index contributed by atoms with van der Waals surface area (Å²) >= 11 is 0. The molecular formula is C21H29N3O4. The predicted molar refractivity (Wildman–Crippen MR) is 109 cm³/mol. The Morgan fingerprint density at radius 3 is 2.82 bits per heavy atom. The second-order valence-corrected chi connectivity index (χ2v) is 7.12. The van der Waals surface area contributed by atoms with Gasteiger partial charge in [-0.05, 0) is 31.4 Å². The Morgan fingerprint density at radius 1 is 1.29 bits per heavy atom. The molecule has 1 N–H and O–H groups in total. The number of rotatable bonds is 9. The van der Waals surface area contributed by atoms with E-state index in [-0.39, 0.29) is 23.4 Å². The zero-order chi connectivity index (χ0) is 20.4. The van der Waals surface area contributed by atoms with Crippen LogP contribution in [0.3, 0.4) is 0 Å². The summed E-state index contributed by atoms with van der Waals surface area (Å²) in [5.74, 6) is -0.404. The second kappa shape index (κ2) is 11.2. The van der Waals surface area contributed by atoms with E-state index in [0.29, 0.717) is 25.2 Å². The lowest BCUT2D eigenvalue weighted by Gasteiger charge is -2.31. The number of carbonyl (C=O) groups is 2. The fourth-order valence-electron chi connectivity index (χ4n) is 3.36. The van der Waals surface area contributed by atoms with E-state index in [9.17, 15) is 19.7 Å². The molecule has 7 nitrogen and oxygen atoms in total. The van der Waals surface area contributed by atoms with Gasteiger partial charge in [-0.2, -0.15) is 0 Å². The summed E-state index contributed by atoms with van der Waals surface area (Å²) < 4.78 is 0. The van der Waals surface area contributed by atoms with Crippen molar-refractivity contribution in [3.8, 4) is 0 Å². The first-order valence-corrected chi connectivity index (χ1v) is 10.0. The molecule has 0 aromatic heterocycles. The molecule has 1 heterocycles. The Hall–Kier alpha value is -2.70. The SMILES string of the molecule is CCCCCCNC(=O)C1CCCN(C(=O)/C=C/c2ccccc2[N+](=O)[O-])C1. The second-order valence-electron chi connectivity index (χ2n) is 7.12. The Balaban J connectivity index is 1.88. The third-order valence-corrected chi connectivity index (χ3v) is 4.97. The molecule has 1 unspecified atom stereocenters. The van der Waals surface area contributed by atoms with Crippen LogP contribution in [-0.2, 0) is 9.59 Å². The van der Waals surface area contributed by atoms with Crippen molar-refractivity contribution < 1.29 is 14.5 Å². The van der Waals surface area contributed by atoms with Gasteiger partial charge in [-0.15, -0.1) is 0 Å². The van der Waals surface area contributed by atoms with Crippen molar-refractivity contribution in [2.24, 2.45) is 5.92 Å². The van der Waals surface area contributed by atoms with Crippen molar-refractivity contribution in [2.75, 3.05) is 19.6 Å². The average molecular weight is 387 g/mol. The number of carbonyl (C=O) groups excluding carboxylic acids is 2. The summed E-state index contributed by atoms with van der Waals surface area (Å²) in [5.41, 5.74) is 0.352. The zero-order valence-corrected chi connectivity index (χ0v) is 16.4. The van der Waals surface area contributed by atoms with E-state index in [4.69, 9.17) is 0 Å². The molecule has 0 spiro atoms. The van der Waals surface area contributed by atoms with Gasteiger partial charge in [-0.1, -0.05) is 38.3 Å². The topological polar surface area (TPSA) is 92.6 Å². The van der Waals surface area contributed by atoms with Gasteiger partial charge < -0.3 is 10.2 Å². The van der Waals surface area contributed by atoms with Gasteiger partial charge in [-0.3, -0.25) is 19.7 Å². The number of amides is 2. The van der Waals surface area contributed by atoms with E-state index in [1.165, 1.54) is 24.6 Å². The molecule has 1 aliphatic heterocycles. The highest BCUT2D eigenvalue weighted by molar-refractivity contribution is 5.93. The molecule has 0 saturated carbocycles. The van der Waals surface area contributed by atoms with Crippen LogP contribution in [0.2, 0.25) is 0 Å². The van der Waals surface area contributed by atoms with E-state index in [0.717, 1.165) is 32.1 Å². The molecule has 0 bridgehead atoms. The first-order valence-electron chi connectivity index (χ1n) is 10.0. The fourth-order valence-corrected chi connectivity index (χ4v) is 3.36. The maximum absolute atomic E-state index is 12.5. The van der Waals surface area contributed by atoms with Crippen LogP contribution in [0.1, 0.15) is 51.0 Å². The van der Waals surface area contributed by atoms with Crippen molar-refractivity contribution in [2.45, 2.75) is 45.4 Å². The maximum atomic E-state index is 12.5. The van der Waals surface area contributed by atoms with Crippen molar-refractivity contribution in [1.29, 1.82) is 0 Å². The van der Waals surface area contributed by atoms with Crippen molar-refractivity contribution in [3.63, 3.8) is 0 Å². The van der Waals surface area contributed by atoms with Crippen molar-refractivity contribution >= 4 is 23.6 Å². The van der Waals surface area contributed by atoms with E-state index < -0.39 is 4.92 Å². The normalized spacial score (nSPS) is 16.9. The maximum Gasteiger partial charge on any atom is 0.276 e. The van der Waals surface area contributed by atoms with Crippen LogP contribution >= 0.6 is 0 Å². The highest BCUT2D eigenvalue weighted by atomic mass is 16.6. The van der Waals surface area contributed by atoms with Crippen LogP contribution < -0.4 is 5.32 Å². The highest BCUT2D eigenvalue weighted by Gasteiger charge is 2.27. The van der Waals surface area contributed by atoms with E-state index in [1.54, 1.807) is 23.1 Å². The minimum absolute atomic E-state index is 0.0108. The summed E-state index contributed by atoms with van der Waals surface area (Å²) in [4.78, 5) is 37.1. The molecule has 2 amide bonds. The van der Waals surface area contributed by atoms with Gasteiger partial charge in [0.2, 0.25) is 11.8 Å². The van der Waals surface area contributed by atoms with Gasteiger partial charge >= 0.3 is 0 Å². The lowest BCUT2D eigenvalue weighted by molar-refractivity contribution is -0.385. The van der Waals surface area contributed by atoms with Gasteiger partial charge in [-0.25, -0.2) is 0 Å². The number of unbranched alkanes of at least 4 members (excludes halogenated alkanes) is 3. The molecule has 7 heteroatoms. The first kappa shape index (κ1) is 21.6. The summed E-state index contributed by atoms with van der Waals surface area (Å²) in [6.45, 7) is 3.82. The van der Waals surface area contributed by atoms with Gasteiger partial charge in [0.15, 0.2) is 0 Å². The molecule has 1 aromatic rings. The highest BCUT2D eigenvalue weighted by Crippen LogP contribution is 2.20. The summed E-state index contributed by atoms with van der Waals surface area (Å²) in [6, 6.07) is 6.30. The number of nitro benzene ring substituents is 1. The van der Waals surface area contributed by atoms with Crippen molar-refractivity contribution in [1.82, 2.24) is 10.2 Å². The van der Waals surface area contributed by atoms with Gasteiger partial charge in [0.05, 0.1) is 16.4 Å². The first-order chi connectivity index (χ1) is 13.5. The molecule has 1 aliphatic rings. The minimum atomic E-state index is -0.466. The molecule has 1 saturated heterocycles. The number of piperidine rings is 1. The van der Waals surface area contributed by atoms with Crippen LogP contribution in [-0.4, -0.2) is 41.3 Å². The third-order valence-electron chi connectivity index (χ3n) is 4.97. The van der Waals surface area contributed by atoms with Crippen molar-refractivity contribution in [3.05, 3.63) is 46.0 Å². The zero-order valence-electron chi connectivity index (χ0n) is 16.4. The Bertz CT molecular complexity index is 717. The quantitative estimate of drug-likeness (QED) is 0.304. The van der Waals surface area contributed by atoms with E-state index >= 15 is 0 Å². The number of nitrogens with one attached hydrogen (secondary N) is 1. The largest absolute Gasteiger partial charge is 0.356 e. The van der Waals surface area contributed by atoms with E-state index in [1.807, 2.05) is 0 Å². The van der Waals surface area contributed by atoms with Crippen LogP contribution in [0.4, 0.5) is 5.69 Å². The molecule has 0 radical (unpaired) electrons.